The van der Waals surface area contributed by atoms with Gasteiger partial charge in [0.1, 0.15) is 5.01 Å². The van der Waals surface area contributed by atoms with Crippen LogP contribution < -0.4 is 0 Å². The van der Waals surface area contributed by atoms with E-state index in [0.717, 1.165) is 26.4 Å². The molecule has 0 bridgehead atoms. The molecule has 24 heavy (non-hydrogen) atoms. The first-order valence-corrected chi connectivity index (χ1v) is 8.78. The molecule has 2 aromatic carbocycles. The van der Waals surface area contributed by atoms with Crippen LogP contribution >= 0.6 is 11.3 Å². The first kappa shape index (κ1) is 16.4. The van der Waals surface area contributed by atoms with Crippen molar-refractivity contribution in [2.75, 3.05) is 0 Å². The molecule has 1 heterocycles. The predicted molar refractivity (Wildman–Crippen MR) is 100 cm³/mol. The van der Waals surface area contributed by atoms with Gasteiger partial charge in [0, 0.05) is 6.42 Å². The van der Waals surface area contributed by atoms with Gasteiger partial charge in [0.25, 0.3) is 0 Å². The van der Waals surface area contributed by atoms with Crippen LogP contribution in [0.25, 0.3) is 21.9 Å². The predicted octanol–water partition coefficient (Wildman–Crippen LogP) is 5.40. The average Bonchev–Trinajstić information content (AvgIpc) is 2.97. The van der Waals surface area contributed by atoms with E-state index in [4.69, 9.17) is 10.1 Å². The average molecular weight is 337 g/mol. The van der Waals surface area contributed by atoms with Crippen molar-refractivity contribution in [3.8, 4) is 0 Å². The number of hydrogen-bond acceptors (Lipinski definition) is 3. The number of aromatic nitrogens is 1. The molecule has 0 spiro atoms. The SMILES string of the molecule is Cc1cccc(/C=C(\CCCC(=O)O)c2nc3ccccc3s2)c1. The molecule has 0 saturated carbocycles. The molecular formula is C20H19NO2S. The fourth-order valence-corrected chi connectivity index (χ4v) is 3.65. The number of benzene rings is 2. The molecule has 3 rings (SSSR count). The minimum absolute atomic E-state index is 0.177. The summed E-state index contributed by atoms with van der Waals surface area (Å²) in [7, 11) is 0. The lowest BCUT2D eigenvalue weighted by Crippen LogP contribution is -1.94. The van der Waals surface area contributed by atoms with E-state index in [1.165, 1.54) is 5.56 Å². The zero-order valence-electron chi connectivity index (χ0n) is 13.5. The number of fused-ring (bicyclic) bond motifs is 1. The summed E-state index contributed by atoms with van der Waals surface area (Å²) >= 11 is 1.66. The molecule has 1 N–H and O–H groups in total. The van der Waals surface area contributed by atoms with Gasteiger partial charge in [0.2, 0.25) is 0 Å². The monoisotopic (exact) mass is 337 g/mol. The lowest BCUT2D eigenvalue weighted by atomic mass is 10.0. The van der Waals surface area contributed by atoms with Gasteiger partial charge in [-0.2, -0.15) is 0 Å². The third-order valence-corrected chi connectivity index (χ3v) is 4.90. The molecule has 0 aliphatic heterocycles. The number of aryl methyl sites for hydroxylation is 1. The van der Waals surface area contributed by atoms with Crippen LogP contribution in [0.3, 0.4) is 0 Å². The second-order valence-corrected chi connectivity index (χ2v) is 6.85. The van der Waals surface area contributed by atoms with Gasteiger partial charge in [-0.15, -0.1) is 11.3 Å². The molecule has 0 aliphatic rings. The van der Waals surface area contributed by atoms with Crippen LogP contribution in [0, 0.1) is 6.92 Å². The minimum atomic E-state index is -0.755. The number of thiazole rings is 1. The molecule has 4 heteroatoms. The van der Waals surface area contributed by atoms with E-state index in [2.05, 4.69) is 37.3 Å². The van der Waals surface area contributed by atoms with Crippen molar-refractivity contribution in [3.63, 3.8) is 0 Å². The van der Waals surface area contributed by atoms with Gasteiger partial charge in [-0.25, -0.2) is 4.98 Å². The Hall–Kier alpha value is -2.46. The Kier molecular flexibility index (Phi) is 5.06. The first-order chi connectivity index (χ1) is 11.6. The first-order valence-electron chi connectivity index (χ1n) is 7.97. The molecule has 0 unspecified atom stereocenters. The van der Waals surface area contributed by atoms with E-state index in [9.17, 15) is 4.79 Å². The van der Waals surface area contributed by atoms with E-state index < -0.39 is 5.97 Å². The molecule has 0 amide bonds. The zero-order valence-corrected chi connectivity index (χ0v) is 14.3. The second kappa shape index (κ2) is 7.41. The summed E-state index contributed by atoms with van der Waals surface area (Å²) in [6.07, 6.45) is 3.63. The molecule has 3 aromatic rings. The summed E-state index contributed by atoms with van der Waals surface area (Å²) in [5, 5.41) is 9.88. The van der Waals surface area contributed by atoms with Crippen LogP contribution in [-0.2, 0) is 4.79 Å². The number of nitrogens with zero attached hydrogens (tertiary/aromatic N) is 1. The fourth-order valence-electron chi connectivity index (χ4n) is 2.64. The fraction of sp³-hybridized carbons (Fsp3) is 0.200. The van der Waals surface area contributed by atoms with Crippen LogP contribution in [0.15, 0.2) is 48.5 Å². The maximum absolute atomic E-state index is 10.8. The number of hydrogen-bond donors (Lipinski definition) is 1. The van der Waals surface area contributed by atoms with Crippen molar-refractivity contribution in [1.82, 2.24) is 4.98 Å². The third kappa shape index (κ3) is 4.09. The van der Waals surface area contributed by atoms with Crippen LogP contribution in [0.5, 0.6) is 0 Å². The van der Waals surface area contributed by atoms with Crippen LogP contribution in [0.1, 0.15) is 35.4 Å². The minimum Gasteiger partial charge on any atom is -0.481 e. The highest BCUT2D eigenvalue weighted by Crippen LogP contribution is 2.31. The van der Waals surface area contributed by atoms with Crippen molar-refractivity contribution >= 4 is 39.2 Å². The maximum Gasteiger partial charge on any atom is 0.303 e. The zero-order chi connectivity index (χ0) is 16.9. The number of carboxylic acids is 1. The molecule has 0 radical (unpaired) electrons. The highest BCUT2D eigenvalue weighted by molar-refractivity contribution is 7.19. The van der Waals surface area contributed by atoms with Crippen LogP contribution in [0.4, 0.5) is 0 Å². The van der Waals surface area contributed by atoms with Crippen molar-refractivity contribution in [3.05, 3.63) is 64.7 Å². The second-order valence-electron chi connectivity index (χ2n) is 5.82. The van der Waals surface area contributed by atoms with Gasteiger partial charge >= 0.3 is 5.97 Å². The number of rotatable bonds is 6. The maximum atomic E-state index is 10.8. The Morgan fingerprint density at radius 1 is 1.17 bits per heavy atom. The van der Waals surface area contributed by atoms with Gasteiger partial charge in [-0.05, 0) is 49.1 Å². The van der Waals surface area contributed by atoms with Crippen molar-refractivity contribution in [2.24, 2.45) is 0 Å². The Balaban J connectivity index is 1.95. The largest absolute Gasteiger partial charge is 0.481 e. The topological polar surface area (TPSA) is 50.2 Å². The lowest BCUT2D eigenvalue weighted by Gasteiger charge is -2.05. The summed E-state index contributed by atoms with van der Waals surface area (Å²) < 4.78 is 1.15. The number of carboxylic acid groups (broad SMARTS) is 1. The molecule has 122 valence electrons. The Morgan fingerprint density at radius 3 is 2.75 bits per heavy atom. The molecular weight excluding hydrogens is 318 g/mol. The van der Waals surface area contributed by atoms with Crippen molar-refractivity contribution in [2.45, 2.75) is 26.2 Å². The van der Waals surface area contributed by atoms with Crippen molar-refractivity contribution < 1.29 is 9.90 Å². The molecule has 0 saturated heterocycles. The number of allylic oxidation sites excluding steroid dienone is 1. The van der Waals surface area contributed by atoms with Gasteiger partial charge < -0.3 is 5.11 Å². The van der Waals surface area contributed by atoms with Crippen LogP contribution in [0.2, 0.25) is 0 Å². The smallest absolute Gasteiger partial charge is 0.303 e. The summed E-state index contributed by atoms with van der Waals surface area (Å²) in [4.78, 5) is 15.6. The van der Waals surface area contributed by atoms with Gasteiger partial charge in [-0.1, -0.05) is 42.0 Å². The third-order valence-electron chi connectivity index (χ3n) is 3.79. The Labute approximate surface area is 145 Å². The van der Waals surface area contributed by atoms with E-state index in [1.807, 2.05) is 24.3 Å². The molecule has 3 nitrogen and oxygen atoms in total. The highest BCUT2D eigenvalue weighted by Gasteiger charge is 2.10. The highest BCUT2D eigenvalue weighted by atomic mass is 32.1. The standard InChI is InChI=1S/C20H19NO2S/c1-14-6-4-7-15(12-14)13-16(8-5-11-19(22)23)20-21-17-9-2-3-10-18(17)24-20/h2-4,6-7,9-10,12-13H,5,8,11H2,1H3,(H,22,23)/b16-13+. The van der Waals surface area contributed by atoms with Gasteiger partial charge in [0.15, 0.2) is 0 Å². The number of carbonyl (C=O) groups is 1. The molecule has 0 atom stereocenters. The van der Waals surface area contributed by atoms with Crippen molar-refractivity contribution in [1.29, 1.82) is 0 Å². The van der Waals surface area contributed by atoms with Crippen LogP contribution in [-0.4, -0.2) is 16.1 Å². The van der Waals surface area contributed by atoms with Gasteiger partial charge in [-0.3, -0.25) is 4.79 Å². The van der Waals surface area contributed by atoms with Gasteiger partial charge in [0.05, 0.1) is 10.2 Å². The molecule has 0 aliphatic carbocycles. The Bertz CT molecular complexity index is 862. The lowest BCUT2D eigenvalue weighted by molar-refractivity contribution is -0.137. The van der Waals surface area contributed by atoms with E-state index in [-0.39, 0.29) is 6.42 Å². The van der Waals surface area contributed by atoms with E-state index in [1.54, 1.807) is 11.3 Å². The summed E-state index contributed by atoms with van der Waals surface area (Å²) in [6, 6.07) is 16.4. The quantitative estimate of drug-likeness (QED) is 0.655. The number of aliphatic carboxylic acids is 1. The number of para-hydroxylation sites is 1. The summed E-state index contributed by atoms with van der Waals surface area (Å²) in [5.41, 5.74) is 4.42. The van der Waals surface area contributed by atoms with E-state index >= 15 is 0 Å². The Morgan fingerprint density at radius 2 is 2.00 bits per heavy atom. The molecule has 1 aromatic heterocycles. The summed E-state index contributed by atoms with van der Waals surface area (Å²) in [6.45, 7) is 2.07. The molecule has 0 fully saturated rings. The van der Waals surface area contributed by atoms with E-state index in [0.29, 0.717) is 12.8 Å². The summed E-state index contributed by atoms with van der Waals surface area (Å²) in [5.74, 6) is -0.755. The normalized spacial score (nSPS) is 11.8.